The SMILES string of the molecule is C/C(=N\NC(N)=S)C1SCCCS1. The van der Waals surface area contributed by atoms with Crippen LogP contribution in [0.3, 0.4) is 0 Å². The molecule has 0 saturated carbocycles. The predicted octanol–water partition coefficient (Wildman–Crippen LogP) is 1.39. The number of hydrogen-bond acceptors (Lipinski definition) is 4. The summed E-state index contributed by atoms with van der Waals surface area (Å²) in [6, 6.07) is 0. The minimum atomic E-state index is 0.227. The van der Waals surface area contributed by atoms with E-state index in [0.29, 0.717) is 4.58 Å². The number of thioether (sulfide) groups is 2. The topological polar surface area (TPSA) is 50.4 Å². The van der Waals surface area contributed by atoms with Crippen LogP contribution in [0.4, 0.5) is 0 Å². The molecule has 3 N–H and O–H groups in total. The van der Waals surface area contributed by atoms with Gasteiger partial charge in [0, 0.05) is 0 Å². The Bertz CT molecular complexity index is 211. The molecule has 0 aromatic heterocycles. The molecule has 1 aliphatic heterocycles. The molecule has 74 valence electrons. The van der Waals surface area contributed by atoms with Gasteiger partial charge in [0.25, 0.3) is 0 Å². The summed E-state index contributed by atoms with van der Waals surface area (Å²) in [5, 5.41) is 4.33. The Morgan fingerprint density at radius 2 is 2.15 bits per heavy atom. The van der Waals surface area contributed by atoms with Crippen molar-refractivity contribution in [1.82, 2.24) is 5.43 Å². The zero-order chi connectivity index (χ0) is 9.68. The summed E-state index contributed by atoms with van der Waals surface area (Å²) in [5.41, 5.74) is 8.94. The molecule has 1 aliphatic rings. The van der Waals surface area contributed by atoms with Gasteiger partial charge in [-0.1, -0.05) is 0 Å². The van der Waals surface area contributed by atoms with Crippen LogP contribution in [0.5, 0.6) is 0 Å². The minimum absolute atomic E-state index is 0.227. The van der Waals surface area contributed by atoms with Gasteiger partial charge in [0.1, 0.15) is 0 Å². The van der Waals surface area contributed by atoms with E-state index in [2.05, 4.69) is 22.7 Å². The second-order valence-electron chi connectivity index (χ2n) is 2.66. The highest BCUT2D eigenvalue weighted by Gasteiger charge is 2.17. The van der Waals surface area contributed by atoms with Crippen molar-refractivity contribution in [2.75, 3.05) is 11.5 Å². The van der Waals surface area contributed by atoms with Gasteiger partial charge < -0.3 is 5.73 Å². The number of nitrogens with zero attached hydrogens (tertiary/aromatic N) is 1. The third kappa shape index (κ3) is 4.19. The molecule has 0 radical (unpaired) electrons. The second-order valence-corrected chi connectivity index (χ2v) is 5.82. The first-order valence-electron chi connectivity index (χ1n) is 4.03. The lowest BCUT2D eigenvalue weighted by molar-refractivity contribution is 1.02. The first kappa shape index (κ1) is 11.1. The van der Waals surface area contributed by atoms with Gasteiger partial charge >= 0.3 is 0 Å². The van der Waals surface area contributed by atoms with Crippen LogP contribution < -0.4 is 11.2 Å². The summed E-state index contributed by atoms with van der Waals surface area (Å²) in [6.07, 6.45) is 1.29. The highest BCUT2D eigenvalue weighted by atomic mass is 32.2. The van der Waals surface area contributed by atoms with Crippen LogP contribution in [0.15, 0.2) is 5.10 Å². The van der Waals surface area contributed by atoms with Gasteiger partial charge in [-0.2, -0.15) is 5.10 Å². The van der Waals surface area contributed by atoms with Gasteiger partial charge in [0.15, 0.2) is 5.11 Å². The summed E-state index contributed by atoms with van der Waals surface area (Å²) in [6.45, 7) is 2.00. The van der Waals surface area contributed by atoms with Crippen LogP contribution in [0.2, 0.25) is 0 Å². The lowest BCUT2D eigenvalue weighted by Gasteiger charge is -2.20. The number of nitrogens with two attached hydrogens (primary N) is 1. The Balaban J connectivity index is 2.39. The van der Waals surface area contributed by atoms with Crippen molar-refractivity contribution >= 4 is 46.6 Å². The van der Waals surface area contributed by atoms with E-state index in [0.717, 1.165) is 5.71 Å². The Labute approximate surface area is 92.3 Å². The highest BCUT2D eigenvalue weighted by molar-refractivity contribution is 8.18. The van der Waals surface area contributed by atoms with Crippen LogP contribution in [0, 0.1) is 0 Å². The largest absolute Gasteiger partial charge is 0.375 e. The van der Waals surface area contributed by atoms with Gasteiger partial charge in [-0.15, -0.1) is 23.5 Å². The van der Waals surface area contributed by atoms with Gasteiger partial charge in [0.2, 0.25) is 0 Å². The van der Waals surface area contributed by atoms with Crippen molar-refractivity contribution in [3.63, 3.8) is 0 Å². The Kier molecular flexibility index (Phi) is 4.90. The van der Waals surface area contributed by atoms with Crippen LogP contribution in [0.25, 0.3) is 0 Å². The fraction of sp³-hybridized carbons (Fsp3) is 0.714. The summed E-state index contributed by atoms with van der Waals surface area (Å²) < 4.78 is 0.468. The summed E-state index contributed by atoms with van der Waals surface area (Å²) in [7, 11) is 0. The van der Waals surface area contributed by atoms with Gasteiger partial charge in [0.05, 0.1) is 10.3 Å². The van der Waals surface area contributed by atoms with E-state index in [1.807, 2.05) is 30.4 Å². The van der Waals surface area contributed by atoms with Crippen LogP contribution in [-0.4, -0.2) is 26.9 Å². The lowest BCUT2D eigenvalue weighted by atomic mass is 10.5. The molecule has 0 aliphatic carbocycles. The molecular formula is C7H13N3S3. The van der Waals surface area contributed by atoms with E-state index < -0.39 is 0 Å². The molecule has 0 aromatic carbocycles. The van der Waals surface area contributed by atoms with E-state index in [-0.39, 0.29) is 5.11 Å². The molecule has 1 heterocycles. The van der Waals surface area contributed by atoms with Crippen molar-refractivity contribution in [2.24, 2.45) is 10.8 Å². The minimum Gasteiger partial charge on any atom is -0.375 e. The molecule has 0 spiro atoms. The third-order valence-corrected chi connectivity index (χ3v) is 4.75. The molecule has 0 amide bonds. The van der Waals surface area contributed by atoms with Crippen molar-refractivity contribution in [2.45, 2.75) is 17.9 Å². The molecule has 0 unspecified atom stereocenters. The molecule has 1 saturated heterocycles. The lowest BCUT2D eigenvalue weighted by Crippen LogP contribution is -2.27. The Morgan fingerprint density at radius 1 is 1.54 bits per heavy atom. The summed E-state index contributed by atoms with van der Waals surface area (Å²) >= 11 is 8.52. The number of rotatable bonds is 2. The maximum atomic E-state index is 5.27. The van der Waals surface area contributed by atoms with Crippen LogP contribution >= 0.6 is 35.7 Å². The molecular weight excluding hydrogens is 222 g/mol. The van der Waals surface area contributed by atoms with E-state index in [1.54, 1.807) is 0 Å². The molecule has 6 heteroatoms. The monoisotopic (exact) mass is 235 g/mol. The number of hydrogen-bond donors (Lipinski definition) is 2. The van der Waals surface area contributed by atoms with Gasteiger partial charge in [-0.05, 0) is 37.1 Å². The maximum absolute atomic E-state index is 5.27. The summed E-state index contributed by atoms with van der Waals surface area (Å²) in [5.74, 6) is 2.44. The molecule has 13 heavy (non-hydrogen) atoms. The van der Waals surface area contributed by atoms with E-state index in [4.69, 9.17) is 5.73 Å². The third-order valence-electron chi connectivity index (χ3n) is 1.51. The Morgan fingerprint density at radius 3 is 2.69 bits per heavy atom. The zero-order valence-corrected chi connectivity index (χ0v) is 9.90. The van der Waals surface area contributed by atoms with Crippen LogP contribution in [0.1, 0.15) is 13.3 Å². The molecule has 3 nitrogen and oxygen atoms in total. The van der Waals surface area contributed by atoms with Crippen molar-refractivity contribution < 1.29 is 0 Å². The second kappa shape index (κ2) is 5.72. The van der Waals surface area contributed by atoms with Gasteiger partial charge in [-0.3, -0.25) is 5.43 Å². The quantitative estimate of drug-likeness (QED) is 0.430. The smallest absolute Gasteiger partial charge is 0.184 e. The number of thiocarbonyl (C=S) groups is 1. The zero-order valence-electron chi connectivity index (χ0n) is 7.45. The highest BCUT2D eigenvalue weighted by Crippen LogP contribution is 2.31. The van der Waals surface area contributed by atoms with E-state index in [9.17, 15) is 0 Å². The normalized spacial score (nSPS) is 19.9. The van der Waals surface area contributed by atoms with Gasteiger partial charge in [-0.25, -0.2) is 0 Å². The maximum Gasteiger partial charge on any atom is 0.184 e. The van der Waals surface area contributed by atoms with Crippen LogP contribution in [-0.2, 0) is 0 Å². The molecule has 0 atom stereocenters. The molecule has 1 rings (SSSR count). The average Bonchev–Trinajstić information content (AvgIpc) is 2.15. The summed E-state index contributed by atoms with van der Waals surface area (Å²) in [4.78, 5) is 0. The van der Waals surface area contributed by atoms with Crippen molar-refractivity contribution in [3.8, 4) is 0 Å². The standard InChI is InChI=1S/C7H13N3S3/c1-5(9-10-7(8)11)6-12-3-2-4-13-6/h6H,2-4H2,1H3,(H3,8,10,11)/b9-5+. The first-order chi connectivity index (χ1) is 6.20. The fourth-order valence-corrected chi connectivity index (χ4v) is 3.75. The van der Waals surface area contributed by atoms with E-state index in [1.165, 1.54) is 17.9 Å². The van der Waals surface area contributed by atoms with Crippen molar-refractivity contribution in [1.29, 1.82) is 0 Å². The average molecular weight is 235 g/mol. The Hall–Kier alpha value is 0.0600. The number of hydrazone groups is 1. The number of nitrogens with one attached hydrogen (secondary N) is 1. The molecule has 1 fully saturated rings. The first-order valence-corrected chi connectivity index (χ1v) is 6.53. The van der Waals surface area contributed by atoms with Crippen molar-refractivity contribution in [3.05, 3.63) is 0 Å². The van der Waals surface area contributed by atoms with E-state index >= 15 is 0 Å². The predicted molar refractivity (Wildman–Crippen MR) is 66.4 cm³/mol. The molecule has 0 aromatic rings. The molecule has 0 bridgehead atoms. The fourth-order valence-electron chi connectivity index (χ4n) is 0.925.